The van der Waals surface area contributed by atoms with Crippen molar-refractivity contribution in [3.63, 3.8) is 0 Å². The molecule has 1 fully saturated rings. The number of rotatable bonds is 5. The third-order valence-corrected chi connectivity index (χ3v) is 2.77. The number of hydrogen-bond donors (Lipinski definition) is 0. The molecule has 0 spiro atoms. The number of ether oxygens (including phenoxy) is 1. The van der Waals surface area contributed by atoms with Gasteiger partial charge in [0, 0.05) is 0 Å². The van der Waals surface area contributed by atoms with Gasteiger partial charge in [-0.25, -0.2) is 0 Å². The van der Waals surface area contributed by atoms with Crippen LogP contribution in [0.2, 0.25) is 0 Å². The van der Waals surface area contributed by atoms with E-state index in [2.05, 4.69) is 37.3 Å². The van der Waals surface area contributed by atoms with E-state index in [-0.39, 0.29) is 0 Å². The Morgan fingerprint density at radius 2 is 2.00 bits per heavy atom. The molecule has 0 radical (unpaired) electrons. The van der Waals surface area contributed by atoms with Gasteiger partial charge in [-0.3, -0.25) is 0 Å². The van der Waals surface area contributed by atoms with Crippen LogP contribution in [0.5, 0.6) is 0 Å². The zero-order valence-electron chi connectivity index (χ0n) is 8.78. The van der Waals surface area contributed by atoms with Gasteiger partial charge < -0.3 is 4.74 Å². The van der Waals surface area contributed by atoms with E-state index in [1.165, 1.54) is 18.4 Å². The summed E-state index contributed by atoms with van der Waals surface area (Å²) in [6.45, 7) is 3.14. The molecule has 0 N–H and O–H groups in total. The fourth-order valence-corrected chi connectivity index (χ4v) is 1.65. The van der Waals surface area contributed by atoms with E-state index >= 15 is 0 Å². The van der Waals surface area contributed by atoms with Crippen LogP contribution >= 0.6 is 0 Å². The minimum absolute atomic E-state index is 0.303. The maximum absolute atomic E-state index is 5.90. The summed E-state index contributed by atoms with van der Waals surface area (Å²) < 4.78 is 5.90. The summed E-state index contributed by atoms with van der Waals surface area (Å²) >= 11 is 0. The standard InChI is InChI=1S/C13H18O/c1-2-13(14-10-11-8-9-11)12-6-4-3-5-7-12/h3-7,11,13H,2,8-10H2,1H3. The molecule has 14 heavy (non-hydrogen) atoms. The lowest BCUT2D eigenvalue weighted by atomic mass is 10.1. The third-order valence-electron chi connectivity index (χ3n) is 2.77. The Hall–Kier alpha value is -0.820. The van der Waals surface area contributed by atoms with E-state index in [4.69, 9.17) is 4.74 Å². The van der Waals surface area contributed by atoms with Gasteiger partial charge in [-0.05, 0) is 30.7 Å². The Morgan fingerprint density at radius 3 is 2.57 bits per heavy atom. The van der Waals surface area contributed by atoms with Crippen molar-refractivity contribution in [1.82, 2.24) is 0 Å². The molecule has 0 heterocycles. The second kappa shape index (κ2) is 4.61. The molecule has 0 amide bonds. The van der Waals surface area contributed by atoms with E-state index in [1.54, 1.807) is 0 Å². The largest absolute Gasteiger partial charge is 0.373 e. The van der Waals surface area contributed by atoms with E-state index in [9.17, 15) is 0 Å². The zero-order chi connectivity index (χ0) is 9.80. The van der Waals surface area contributed by atoms with E-state index in [0.29, 0.717) is 6.10 Å². The monoisotopic (exact) mass is 190 g/mol. The van der Waals surface area contributed by atoms with Crippen LogP contribution in [-0.4, -0.2) is 6.61 Å². The highest BCUT2D eigenvalue weighted by molar-refractivity contribution is 5.17. The van der Waals surface area contributed by atoms with Gasteiger partial charge >= 0.3 is 0 Å². The van der Waals surface area contributed by atoms with E-state index in [0.717, 1.165) is 18.9 Å². The second-order valence-corrected chi connectivity index (χ2v) is 4.08. The van der Waals surface area contributed by atoms with Crippen LogP contribution in [-0.2, 0) is 4.74 Å². The van der Waals surface area contributed by atoms with Crippen LogP contribution < -0.4 is 0 Å². The molecule has 1 aliphatic carbocycles. The van der Waals surface area contributed by atoms with Crippen molar-refractivity contribution < 1.29 is 4.74 Å². The summed E-state index contributed by atoms with van der Waals surface area (Å²) in [5, 5.41) is 0. The Labute approximate surface area is 86.1 Å². The highest BCUT2D eigenvalue weighted by Gasteiger charge is 2.23. The average Bonchev–Trinajstić information content (AvgIpc) is 3.04. The molecule has 0 bridgehead atoms. The third kappa shape index (κ3) is 2.58. The maximum atomic E-state index is 5.90. The molecule has 1 nitrogen and oxygen atoms in total. The van der Waals surface area contributed by atoms with Gasteiger partial charge in [0.05, 0.1) is 12.7 Å². The molecular weight excluding hydrogens is 172 g/mol. The predicted molar refractivity (Wildman–Crippen MR) is 58.2 cm³/mol. The molecule has 1 heteroatoms. The minimum atomic E-state index is 0.303. The fraction of sp³-hybridized carbons (Fsp3) is 0.538. The molecule has 1 atom stereocenters. The Kier molecular flexibility index (Phi) is 3.20. The summed E-state index contributed by atoms with van der Waals surface area (Å²) in [5.74, 6) is 0.854. The maximum Gasteiger partial charge on any atom is 0.0822 e. The molecule has 76 valence electrons. The first-order valence-corrected chi connectivity index (χ1v) is 5.56. The Balaban J connectivity index is 1.90. The lowest BCUT2D eigenvalue weighted by Crippen LogP contribution is -2.05. The van der Waals surface area contributed by atoms with Crippen molar-refractivity contribution in [2.75, 3.05) is 6.61 Å². The fourth-order valence-electron chi connectivity index (χ4n) is 1.65. The van der Waals surface area contributed by atoms with Crippen molar-refractivity contribution in [2.24, 2.45) is 5.92 Å². The number of hydrogen-bond acceptors (Lipinski definition) is 1. The Bertz CT molecular complexity index is 264. The predicted octanol–water partition coefficient (Wildman–Crippen LogP) is 3.56. The van der Waals surface area contributed by atoms with Gasteiger partial charge in [0.15, 0.2) is 0 Å². The van der Waals surface area contributed by atoms with Crippen molar-refractivity contribution in [1.29, 1.82) is 0 Å². The van der Waals surface area contributed by atoms with Crippen molar-refractivity contribution >= 4 is 0 Å². The average molecular weight is 190 g/mol. The highest BCUT2D eigenvalue weighted by atomic mass is 16.5. The van der Waals surface area contributed by atoms with Crippen LogP contribution in [0.4, 0.5) is 0 Å². The van der Waals surface area contributed by atoms with Crippen LogP contribution in [0, 0.1) is 5.92 Å². The first-order valence-electron chi connectivity index (χ1n) is 5.56. The van der Waals surface area contributed by atoms with E-state index in [1.807, 2.05) is 0 Å². The second-order valence-electron chi connectivity index (χ2n) is 4.08. The van der Waals surface area contributed by atoms with Gasteiger partial charge in [-0.15, -0.1) is 0 Å². The topological polar surface area (TPSA) is 9.23 Å². The van der Waals surface area contributed by atoms with Crippen LogP contribution in [0.3, 0.4) is 0 Å². The van der Waals surface area contributed by atoms with Crippen LogP contribution in [0.25, 0.3) is 0 Å². The van der Waals surface area contributed by atoms with Crippen LogP contribution in [0.15, 0.2) is 30.3 Å². The normalized spacial score (nSPS) is 18.1. The van der Waals surface area contributed by atoms with Gasteiger partial charge in [0.25, 0.3) is 0 Å². The van der Waals surface area contributed by atoms with Crippen molar-refractivity contribution in [3.05, 3.63) is 35.9 Å². The summed E-state index contributed by atoms with van der Waals surface area (Å²) in [6, 6.07) is 10.5. The zero-order valence-corrected chi connectivity index (χ0v) is 8.78. The molecule has 1 saturated carbocycles. The lowest BCUT2D eigenvalue weighted by Gasteiger charge is -2.16. The quantitative estimate of drug-likeness (QED) is 0.689. The lowest BCUT2D eigenvalue weighted by molar-refractivity contribution is 0.0427. The summed E-state index contributed by atoms with van der Waals surface area (Å²) in [6.07, 6.45) is 4.10. The Morgan fingerprint density at radius 1 is 1.29 bits per heavy atom. The smallest absolute Gasteiger partial charge is 0.0822 e. The van der Waals surface area contributed by atoms with Crippen molar-refractivity contribution in [3.8, 4) is 0 Å². The van der Waals surface area contributed by atoms with Gasteiger partial charge in [-0.1, -0.05) is 37.3 Å². The molecule has 0 aliphatic heterocycles. The molecule has 1 aromatic rings. The van der Waals surface area contributed by atoms with Crippen molar-refractivity contribution in [2.45, 2.75) is 32.3 Å². The minimum Gasteiger partial charge on any atom is -0.373 e. The summed E-state index contributed by atoms with van der Waals surface area (Å²) in [4.78, 5) is 0. The first-order chi connectivity index (χ1) is 6.90. The van der Waals surface area contributed by atoms with Crippen LogP contribution in [0.1, 0.15) is 37.9 Å². The van der Waals surface area contributed by atoms with Gasteiger partial charge in [-0.2, -0.15) is 0 Å². The molecular formula is C13H18O. The molecule has 0 saturated heterocycles. The molecule has 1 unspecified atom stereocenters. The van der Waals surface area contributed by atoms with Gasteiger partial charge in [0.1, 0.15) is 0 Å². The molecule has 1 aromatic carbocycles. The summed E-state index contributed by atoms with van der Waals surface area (Å²) in [5.41, 5.74) is 1.32. The van der Waals surface area contributed by atoms with Gasteiger partial charge in [0.2, 0.25) is 0 Å². The molecule has 2 rings (SSSR count). The number of benzene rings is 1. The SMILES string of the molecule is CCC(OCC1CC1)c1ccccc1. The highest BCUT2D eigenvalue weighted by Crippen LogP contribution is 2.31. The molecule has 0 aromatic heterocycles. The summed E-state index contributed by atoms with van der Waals surface area (Å²) in [7, 11) is 0. The first kappa shape index (κ1) is 9.72. The molecule has 1 aliphatic rings. The van der Waals surface area contributed by atoms with E-state index < -0.39 is 0 Å².